The van der Waals surface area contributed by atoms with Gasteiger partial charge in [0.05, 0.1) is 18.3 Å². The maximum absolute atomic E-state index is 14.7. The second kappa shape index (κ2) is 9.00. The highest BCUT2D eigenvalue weighted by Crippen LogP contribution is 2.30. The Kier molecular flexibility index (Phi) is 5.86. The first kappa shape index (κ1) is 22.8. The van der Waals surface area contributed by atoms with Gasteiger partial charge in [-0.1, -0.05) is 5.21 Å². The van der Waals surface area contributed by atoms with Crippen LogP contribution < -0.4 is 10.6 Å². The van der Waals surface area contributed by atoms with Gasteiger partial charge in [-0.2, -0.15) is 4.98 Å². The summed E-state index contributed by atoms with van der Waals surface area (Å²) in [5.41, 5.74) is 2.45. The van der Waals surface area contributed by atoms with Crippen molar-refractivity contribution in [3.05, 3.63) is 24.4 Å². The molecule has 2 N–H and O–H groups in total. The number of hydrogen-bond acceptors (Lipinski definition) is 8. The van der Waals surface area contributed by atoms with Crippen molar-refractivity contribution in [2.45, 2.75) is 38.5 Å². The zero-order valence-corrected chi connectivity index (χ0v) is 19.0. The molecule has 0 spiro atoms. The fourth-order valence-corrected chi connectivity index (χ4v) is 4.24. The fourth-order valence-electron chi connectivity index (χ4n) is 4.24. The van der Waals surface area contributed by atoms with E-state index in [1.54, 1.807) is 36.0 Å². The molecule has 0 aromatic carbocycles. The molecule has 1 saturated heterocycles. The molecule has 1 amide bonds. The normalized spacial score (nSPS) is 18.5. The molecular formula is C21H23F3N10O. The summed E-state index contributed by atoms with van der Waals surface area (Å²) in [5.74, 6) is 0.552. The largest absolute Gasteiger partial charge is 0.371 e. The summed E-state index contributed by atoms with van der Waals surface area (Å²) < 4.78 is 43.1. The lowest BCUT2D eigenvalue weighted by Crippen LogP contribution is -2.49. The molecule has 5 rings (SSSR count). The van der Waals surface area contributed by atoms with Gasteiger partial charge in [0.2, 0.25) is 11.9 Å². The maximum Gasteiger partial charge on any atom is 0.258 e. The van der Waals surface area contributed by atoms with E-state index in [-0.39, 0.29) is 24.0 Å². The Morgan fingerprint density at radius 3 is 2.80 bits per heavy atom. The van der Waals surface area contributed by atoms with E-state index in [2.05, 4.69) is 36.0 Å². The second-order valence-electron chi connectivity index (χ2n) is 8.28. The first-order valence-electron chi connectivity index (χ1n) is 11.1. The SMILES string of the molecule is CNc1nc(N[C@H]2CCN(C(C)=O)C[C@H]2F)nn2ccc(-c3ccc4nnn(CC(F)F)c4n3)c12. The molecule has 14 heteroatoms. The number of alkyl halides is 3. The van der Waals surface area contributed by atoms with Crippen molar-refractivity contribution in [2.75, 3.05) is 30.8 Å². The van der Waals surface area contributed by atoms with Crippen LogP contribution >= 0.6 is 0 Å². The number of carbonyl (C=O) groups excluding carboxylic acids is 1. The Labute approximate surface area is 197 Å². The molecule has 0 bridgehead atoms. The van der Waals surface area contributed by atoms with Crippen LogP contribution in [0.5, 0.6) is 0 Å². The molecule has 1 aliphatic heterocycles. The molecule has 0 saturated carbocycles. The minimum Gasteiger partial charge on any atom is -0.371 e. The van der Waals surface area contributed by atoms with Crippen LogP contribution in [0, 0.1) is 0 Å². The molecule has 2 atom stereocenters. The lowest BCUT2D eigenvalue weighted by atomic mass is 10.0. The third-order valence-electron chi connectivity index (χ3n) is 6.00. The number of pyridine rings is 1. The molecule has 0 radical (unpaired) electrons. The van der Waals surface area contributed by atoms with E-state index in [0.29, 0.717) is 41.1 Å². The number of nitrogens with zero attached hydrogens (tertiary/aromatic N) is 8. The summed E-state index contributed by atoms with van der Waals surface area (Å²) in [4.78, 5) is 22.0. The van der Waals surface area contributed by atoms with E-state index in [0.717, 1.165) is 4.68 Å². The highest BCUT2D eigenvalue weighted by Gasteiger charge is 2.31. The Hall–Kier alpha value is -3.97. The minimum atomic E-state index is -2.59. The summed E-state index contributed by atoms with van der Waals surface area (Å²) in [5, 5.41) is 18.2. The number of anilines is 2. The number of likely N-dealkylation sites (tertiary alicyclic amines) is 1. The van der Waals surface area contributed by atoms with Crippen LogP contribution in [0.2, 0.25) is 0 Å². The first-order chi connectivity index (χ1) is 16.8. The van der Waals surface area contributed by atoms with Crippen LogP contribution in [-0.4, -0.2) is 84.2 Å². The van der Waals surface area contributed by atoms with Crippen molar-refractivity contribution in [3.63, 3.8) is 0 Å². The molecule has 0 unspecified atom stereocenters. The minimum absolute atomic E-state index is 0.0208. The van der Waals surface area contributed by atoms with Crippen molar-refractivity contribution in [3.8, 4) is 11.3 Å². The second-order valence-corrected chi connectivity index (χ2v) is 8.28. The molecule has 1 aliphatic rings. The zero-order valence-electron chi connectivity index (χ0n) is 19.0. The van der Waals surface area contributed by atoms with Gasteiger partial charge in [-0.3, -0.25) is 4.79 Å². The number of carbonyl (C=O) groups is 1. The van der Waals surface area contributed by atoms with Gasteiger partial charge >= 0.3 is 0 Å². The third-order valence-corrected chi connectivity index (χ3v) is 6.00. The molecule has 5 heterocycles. The Balaban J connectivity index is 1.47. The molecule has 4 aromatic rings. The van der Waals surface area contributed by atoms with Crippen molar-refractivity contribution < 1.29 is 18.0 Å². The van der Waals surface area contributed by atoms with E-state index >= 15 is 0 Å². The van der Waals surface area contributed by atoms with Crippen LogP contribution in [-0.2, 0) is 11.3 Å². The van der Waals surface area contributed by atoms with Crippen LogP contribution in [0.3, 0.4) is 0 Å². The summed E-state index contributed by atoms with van der Waals surface area (Å²) in [6.07, 6.45) is -1.70. The Morgan fingerprint density at radius 1 is 1.26 bits per heavy atom. The van der Waals surface area contributed by atoms with Crippen molar-refractivity contribution >= 4 is 34.4 Å². The average Bonchev–Trinajstić information content (AvgIpc) is 3.43. The summed E-state index contributed by atoms with van der Waals surface area (Å²) >= 11 is 0. The standard InChI is InChI=1S/C21H23F3N10O/c1-11(35)32-7-6-15(13(22)9-32)27-21-28-19(25-2)18-12(5-8-33(18)30-21)14-3-4-16-20(26-14)34(31-29-16)10-17(23)24/h3-5,8,13,15,17H,6-7,9-10H2,1-2H3,(H2,25,27,28,30)/t13-,15+/m1/s1. The predicted molar refractivity (Wildman–Crippen MR) is 122 cm³/mol. The van der Waals surface area contributed by atoms with Gasteiger partial charge in [0.15, 0.2) is 11.5 Å². The topological polar surface area (TPSA) is 118 Å². The number of aromatic nitrogens is 7. The highest BCUT2D eigenvalue weighted by atomic mass is 19.3. The molecule has 184 valence electrons. The van der Waals surface area contributed by atoms with Gasteiger partial charge in [-0.15, -0.1) is 10.2 Å². The van der Waals surface area contributed by atoms with Gasteiger partial charge in [0.1, 0.15) is 23.7 Å². The molecule has 1 fully saturated rings. The Morgan fingerprint density at radius 2 is 2.09 bits per heavy atom. The number of hydrogen-bond donors (Lipinski definition) is 2. The molecule has 4 aromatic heterocycles. The van der Waals surface area contributed by atoms with Gasteiger partial charge in [-0.05, 0) is 24.6 Å². The highest BCUT2D eigenvalue weighted by molar-refractivity contribution is 5.89. The average molecular weight is 488 g/mol. The van der Waals surface area contributed by atoms with E-state index in [9.17, 15) is 18.0 Å². The van der Waals surface area contributed by atoms with Crippen LogP contribution in [0.1, 0.15) is 13.3 Å². The smallest absolute Gasteiger partial charge is 0.258 e. The molecule has 35 heavy (non-hydrogen) atoms. The van der Waals surface area contributed by atoms with Crippen molar-refractivity contribution in [2.24, 2.45) is 0 Å². The summed E-state index contributed by atoms with van der Waals surface area (Å²) in [6.45, 7) is 1.29. The number of rotatable bonds is 6. The van der Waals surface area contributed by atoms with Crippen LogP contribution in [0.4, 0.5) is 24.9 Å². The number of piperidine rings is 1. The van der Waals surface area contributed by atoms with Gasteiger partial charge < -0.3 is 15.5 Å². The maximum atomic E-state index is 14.7. The number of amides is 1. The van der Waals surface area contributed by atoms with Gasteiger partial charge in [0, 0.05) is 32.3 Å². The third kappa shape index (κ3) is 4.31. The fraction of sp³-hybridized carbons (Fsp3) is 0.429. The van der Waals surface area contributed by atoms with E-state index in [1.165, 1.54) is 11.8 Å². The van der Waals surface area contributed by atoms with Crippen LogP contribution in [0.25, 0.3) is 27.9 Å². The van der Waals surface area contributed by atoms with E-state index < -0.39 is 25.2 Å². The molecule has 0 aliphatic carbocycles. The Bertz CT molecular complexity index is 1390. The van der Waals surface area contributed by atoms with Crippen molar-refractivity contribution in [1.29, 1.82) is 0 Å². The summed E-state index contributed by atoms with van der Waals surface area (Å²) in [6, 6.07) is 4.64. The number of fused-ring (bicyclic) bond motifs is 2. The van der Waals surface area contributed by atoms with Gasteiger partial charge in [0.25, 0.3) is 6.43 Å². The van der Waals surface area contributed by atoms with Crippen LogP contribution in [0.15, 0.2) is 24.4 Å². The number of halogens is 3. The van der Waals surface area contributed by atoms with E-state index in [4.69, 9.17) is 0 Å². The zero-order chi connectivity index (χ0) is 24.7. The molecule has 11 nitrogen and oxygen atoms in total. The lowest BCUT2D eigenvalue weighted by molar-refractivity contribution is -0.131. The first-order valence-corrected chi connectivity index (χ1v) is 11.1. The predicted octanol–water partition coefficient (Wildman–Crippen LogP) is 2.21. The van der Waals surface area contributed by atoms with Crippen molar-refractivity contribution in [1.82, 2.24) is 39.5 Å². The number of nitrogens with one attached hydrogen (secondary N) is 2. The molecular weight excluding hydrogens is 465 g/mol. The quantitative estimate of drug-likeness (QED) is 0.424. The van der Waals surface area contributed by atoms with Gasteiger partial charge in [-0.25, -0.2) is 27.4 Å². The summed E-state index contributed by atoms with van der Waals surface area (Å²) in [7, 11) is 1.70. The van der Waals surface area contributed by atoms with E-state index in [1.807, 2.05) is 0 Å². The monoisotopic (exact) mass is 488 g/mol. The lowest BCUT2D eigenvalue weighted by Gasteiger charge is -2.34.